The normalized spacial score (nSPS) is 11.0. The first-order valence-electron chi connectivity index (χ1n) is 7.18. The number of benzene rings is 2. The Hall–Kier alpha value is -2.30. The van der Waals surface area contributed by atoms with Crippen LogP contribution in [0.25, 0.3) is 17.0 Å². The van der Waals surface area contributed by atoms with Crippen LogP contribution >= 0.6 is 23.4 Å². The molecule has 0 aliphatic heterocycles. The molecule has 2 aromatic carbocycles. The number of aromatic amines is 1. The predicted molar refractivity (Wildman–Crippen MR) is 92.8 cm³/mol. The van der Waals surface area contributed by atoms with Gasteiger partial charge >= 0.3 is 5.78 Å². The first kappa shape index (κ1) is 14.3. The molecule has 0 atom stereocenters. The van der Waals surface area contributed by atoms with E-state index in [1.165, 1.54) is 0 Å². The summed E-state index contributed by atoms with van der Waals surface area (Å²) in [4.78, 5) is 8.96. The van der Waals surface area contributed by atoms with Crippen molar-refractivity contribution in [3.63, 3.8) is 0 Å². The van der Waals surface area contributed by atoms with Gasteiger partial charge in [-0.05, 0) is 24.3 Å². The first-order valence-corrected chi connectivity index (χ1v) is 8.38. The maximum absolute atomic E-state index is 5.99. The molecule has 1 N–H and O–H groups in total. The highest BCUT2D eigenvalue weighted by Gasteiger charge is 2.21. The minimum atomic E-state index is 0.742. The number of hydrogen-bond acceptors (Lipinski definition) is 2. The van der Waals surface area contributed by atoms with Crippen molar-refractivity contribution < 1.29 is 4.40 Å². The third-order valence-corrected chi connectivity index (χ3v) is 4.86. The van der Waals surface area contributed by atoms with Gasteiger partial charge < -0.3 is 0 Å². The number of H-pyrrole nitrogens is 1. The monoisotopic (exact) mass is 338 g/mol. The molecule has 112 valence electrons. The summed E-state index contributed by atoms with van der Waals surface area (Å²) >= 11 is 7.67. The number of nitrogens with one attached hydrogen (secondary N) is 1. The van der Waals surface area contributed by atoms with Crippen molar-refractivity contribution >= 4 is 29.1 Å². The second kappa shape index (κ2) is 6.07. The average Bonchev–Trinajstić information content (AvgIpc) is 2.96. The largest absolute Gasteiger partial charge is 0.402 e. The molecule has 0 fully saturated rings. The van der Waals surface area contributed by atoms with Crippen molar-refractivity contribution in [2.24, 2.45) is 0 Å². The molecule has 0 aliphatic rings. The molecule has 23 heavy (non-hydrogen) atoms. The Kier molecular flexibility index (Phi) is 3.77. The number of hydrogen-bond donors (Lipinski definition) is 1. The molecule has 4 rings (SSSR count). The lowest BCUT2D eigenvalue weighted by molar-refractivity contribution is -0.554. The summed E-state index contributed by atoms with van der Waals surface area (Å²) < 4.78 is 2.07. The van der Waals surface area contributed by atoms with E-state index >= 15 is 0 Å². The van der Waals surface area contributed by atoms with Gasteiger partial charge in [0.25, 0.3) is 0 Å². The van der Waals surface area contributed by atoms with Gasteiger partial charge in [-0.2, -0.15) is 4.40 Å². The molecule has 2 heterocycles. The molecule has 4 aromatic rings. The molecular formula is C18H13ClN3S+. The van der Waals surface area contributed by atoms with Crippen LogP contribution < -0.4 is 4.40 Å². The van der Waals surface area contributed by atoms with E-state index in [2.05, 4.69) is 26.5 Å². The smallest absolute Gasteiger partial charge is 0.237 e. The zero-order valence-electron chi connectivity index (χ0n) is 12.1. The predicted octanol–water partition coefficient (Wildman–Crippen LogP) is 4.62. The Balaban J connectivity index is 1.87. The summed E-state index contributed by atoms with van der Waals surface area (Å²) in [6.45, 7) is 0. The van der Waals surface area contributed by atoms with Crippen LogP contribution in [0.2, 0.25) is 5.02 Å². The van der Waals surface area contributed by atoms with Gasteiger partial charge in [-0.25, -0.2) is 4.98 Å². The maximum Gasteiger partial charge on any atom is 0.402 e. The fraction of sp³-hybridized carbons (Fsp3) is 0. The van der Waals surface area contributed by atoms with Gasteiger partial charge in [0.05, 0.1) is 6.20 Å². The van der Waals surface area contributed by atoms with Crippen molar-refractivity contribution in [3.8, 4) is 11.3 Å². The molecule has 0 radical (unpaired) electrons. The molecule has 0 amide bonds. The van der Waals surface area contributed by atoms with Crippen LogP contribution in [0.4, 0.5) is 0 Å². The zero-order valence-corrected chi connectivity index (χ0v) is 13.7. The quantitative estimate of drug-likeness (QED) is 0.553. The van der Waals surface area contributed by atoms with Crippen LogP contribution in [0.3, 0.4) is 0 Å². The third kappa shape index (κ3) is 2.83. The summed E-state index contributed by atoms with van der Waals surface area (Å²) in [5.41, 5.74) is 2.19. The van der Waals surface area contributed by atoms with Gasteiger partial charge in [0.15, 0.2) is 10.7 Å². The van der Waals surface area contributed by atoms with E-state index in [1.807, 2.05) is 54.7 Å². The SMILES string of the molecule is Clc1ccc(Sc2c(-c3ccccc3)[nH]c3nccc[n+]23)cc1. The Morgan fingerprint density at radius 2 is 1.74 bits per heavy atom. The molecule has 5 heteroatoms. The average molecular weight is 339 g/mol. The van der Waals surface area contributed by atoms with Crippen LogP contribution in [0, 0.1) is 0 Å². The highest BCUT2D eigenvalue weighted by Crippen LogP contribution is 2.33. The number of imidazole rings is 1. The lowest BCUT2D eigenvalue weighted by Gasteiger charge is -2.02. The third-order valence-electron chi connectivity index (χ3n) is 3.51. The highest BCUT2D eigenvalue weighted by molar-refractivity contribution is 7.99. The van der Waals surface area contributed by atoms with E-state index in [4.69, 9.17) is 11.6 Å². The van der Waals surface area contributed by atoms with E-state index < -0.39 is 0 Å². The molecular weight excluding hydrogens is 326 g/mol. The minimum Gasteiger partial charge on any atom is -0.237 e. The number of nitrogens with zero attached hydrogens (tertiary/aromatic N) is 2. The lowest BCUT2D eigenvalue weighted by atomic mass is 10.2. The van der Waals surface area contributed by atoms with Gasteiger partial charge in [0.2, 0.25) is 0 Å². The Labute approximate surface area is 143 Å². The molecule has 0 saturated carbocycles. The van der Waals surface area contributed by atoms with Crippen LogP contribution in [-0.4, -0.2) is 9.97 Å². The van der Waals surface area contributed by atoms with Crippen molar-refractivity contribution in [1.82, 2.24) is 9.97 Å². The summed E-state index contributed by atoms with van der Waals surface area (Å²) in [5, 5.41) is 1.84. The second-order valence-corrected chi connectivity index (χ2v) is 6.54. The fourth-order valence-electron chi connectivity index (χ4n) is 2.43. The van der Waals surface area contributed by atoms with Gasteiger partial charge in [-0.15, -0.1) is 0 Å². The van der Waals surface area contributed by atoms with Gasteiger partial charge in [0, 0.05) is 21.5 Å². The van der Waals surface area contributed by atoms with Gasteiger partial charge in [-0.3, -0.25) is 0 Å². The Morgan fingerprint density at radius 3 is 2.52 bits per heavy atom. The molecule has 0 spiro atoms. The molecule has 0 saturated heterocycles. The molecule has 3 nitrogen and oxygen atoms in total. The maximum atomic E-state index is 5.99. The molecule has 0 unspecified atom stereocenters. The number of fused-ring (bicyclic) bond motifs is 1. The summed E-state index contributed by atoms with van der Waals surface area (Å²) in [6.07, 6.45) is 3.81. The van der Waals surface area contributed by atoms with Crippen molar-refractivity contribution in [2.75, 3.05) is 0 Å². The highest BCUT2D eigenvalue weighted by atomic mass is 35.5. The minimum absolute atomic E-state index is 0.742. The van der Waals surface area contributed by atoms with Crippen LogP contribution in [0.5, 0.6) is 0 Å². The zero-order chi connectivity index (χ0) is 15.6. The van der Waals surface area contributed by atoms with Crippen LogP contribution in [0.1, 0.15) is 0 Å². The number of halogens is 1. The van der Waals surface area contributed by atoms with Crippen molar-refractivity contribution in [3.05, 3.63) is 78.1 Å². The number of aromatic nitrogens is 3. The van der Waals surface area contributed by atoms with E-state index in [1.54, 1.807) is 18.0 Å². The van der Waals surface area contributed by atoms with Crippen LogP contribution in [-0.2, 0) is 0 Å². The van der Waals surface area contributed by atoms with Gasteiger partial charge in [0.1, 0.15) is 6.20 Å². The second-order valence-electron chi connectivity index (χ2n) is 5.04. The summed E-state index contributed by atoms with van der Waals surface area (Å²) in [5.74, 6) is 0.822. The Bertz CT molecular complexity index is 949. The van der Waals surface area contributed by atoms with E-state index in [9.17, 15) is 0 Å². The van der Waals surface area contributed by atoms with Gasteiger partial charge in [-0.1, -0.05) is 58.7 Å². The fourth-order valence-corrected chi connectivity index (χ4v) is 3.57. The molecule has 0 bridgehead atoms. The van der Waals surface area contributed by atoms with Crippen molar-refractivity contribution in [2.45, 2.75) is 9.92 Å². The standard InChI is InChI=1S/C18H12ClN3S/c19-14-7-9-15(10-8-14)23-17-16(13-5-2-1-3-6-13)21-18-20-11-4-12-22(17)18/h1-12H/p+1. The van der Waals surface area contributed by atoms with E-state index in [0.717, 1.165) is 32.0 Å². The number of rotatable bonds is 3. The molecule has 0 aliphatic carbocycles. The van der Waals surface area contributed by atoms with Crippen LogP contribution in [0.15, 0.2) is 83.0 Å². The molecule has 2 aromatic heterocycles. The Morgan fingerprint density at radius 1 is 0.957 bits per heavy atom. The lowest BCUT2D eigenvalue weighted by Crippen LogP contribution is -2.21. The van der Waals surface area contributed by atoms with Crippen molar-refractivity contribution in [1.29, 1.82) is 0 Å². The summed E-state index contributed by atoms with van der Waals surface area (Å²) in [7, 11) is 0. The topological polar surface area (TPSA) is 32.8 Å². The summed E-state index contributed by atoms with van der Waals surface area (Å²) in [6, 6.07) is 20.1. The van der Waals surface area contributed by atoms with E-state index in [0.29, 0.717) is 0 Å². The first-order chi connectivity index (χ1) is 11.3. The van der Waals surface area contributed by atoms with E-state index in [-0.39, 0.29) is 0 Å².